The summed E-state index contributed by atoms with van der Waals surface area (Å²) < 4.78 is 0. The molecule has 11 heavy (non-hydrogen) atoms. The summed E-state index contributed by atoms with van der Waals surface area (Å²) in [5.74, 6) is 1.04. The van der Waals surface area contributed by atoms with Crippen LogP contribution in [0.1, 0.15) is 6.92 Å². The third-order valence-corrected chi connectivity index (χ3v) is 2.28. The molecule has 0 aliphatic rings. The molecule has 0 heterocycles. The fourth-order valence-corrected chi connectivity index (χ4v) is 1.91. The molecule has 1 aromatic rings. The van der Waals surface area contributed by atoms with Gasteiger partial charge in [-0.2, -0.15) is 0 Å². The van der Waals surface area contributed by atoms with Gasteiger partial charge in [0.25, 0.3) is 0 Å². The van der Waals surface area contributed by atoms with Crippen molar-refractivity contribution in [3.05, 3.63) is 23.2 Å². The molecule has 3 heteroatoms. The highest BCUT2D eigenvalue weighted by atomic mass is 35.5. The lowest BCUT2D eigenvalue weighted by atomic mass is 10.3. The number of thioether (sulfide) groups is 1. The monoisotopic (exact) mass is 187 g/mol. The van der Waals surface area contributed by atoms with Crippen LogP contribution in [0.15, 0.2) is 23.1 Å². The minimum Gasteiger partial charge on any atom is -0.399 e. The third-order valence-electron chi connectivity index (χ3n) is 1.20. The SMILES string of the molecule is CCSc1cc(N)cc(Cl)c1. The fourth-order valence-electron chi connectivity index (χ4n) is 0.834. The van der Waals surface area contributed by atoms with Crippen molar-refractivity contribution in [2.24, 2.45) is 0 Å². The van der Waals surface area contributed by atoms with Crippen molar-refractivity contribution in [2.45, 2.75) is 11.8 Å². The van der Waals surface area contributed by atoms with Crippen molar-refractivity contribution in [1.82, 2.24) is 0 Å². The molecule has 0 aliphatic heterocycles. The molecule has 1 nitrogen and oxygen atoms in total. The molecule has 0 radical (unpaired) electrons. The second kappa shape index (κ2) is 3.88. The predicted molar refractivity (Wildman–Crippen MR) is 52.3 cm³/mol. The number of anilines is 1. The Bertz CT molecular complexity index is 230. The van der Waals surface area contributed by atoms with Crippen LogP contribution in [0.3, 0.4) is 0 Å². The van der Waals surface area contributed by atoms with Crippen LogP contribution < -0.4 is 5.73 Å². The normalized spacial score (nSPS) is 10.0. The van der Waals surface area contributed by atoms with Gasteiger partial charge >= 0.3 is 0 Å². The molecular weight excluding hydrogens is 178 g/mol. The number of rotatable bonds is 2. The first-order chi connectivity index (χ1) is 5.22. The molecule has 0 unspecified atom stereocenters. The molecule has 0 aromatic heterocycles. The standard InChI is InChI=1S/C8H10ClNS/c1-2-11-8-4-6(9)3-7(10)5-8/h3-5H,2,10H2,1H3. The first-order valence-electron chi connectivity index (χ1n) is 3.41. The summed E-state index contributed by atoms with van der Waals surface area (Å²) in [6.45, 7) is 2.10. The van der Waals surface area contributed by atoms with Gasteiger partial charge in [0.2, 0.25) is 0 Å². The highest BCUT2D eigenvalue weighted by molar-refractivity contribution is 7.99. The molecule has 1 aromatic carbocycles. The zero-order valence-electron chi connectivity index (χ0n) is 6.30. The van der Waals surface area contributed by atoms with Crippen LogP contribution in [0.2, 0.25) is 5.02 Å². The number of benzene rings is 1. The number of hydrogen-bond acceptors (Lipinski definition) is 2. The van der Waals surface area contributed by atoms with Gasteiger partial charge in [-0.3, -0.25) is 0 Å². The maximum absolute atomic E-state index is 5.79. The van der Waals surface area contributed by atoms with Gasteiger partial charge in [0.15, 0.2) is 0 Å². The highest BCUT2D eigenvalue weighted by Gasteiger charge is 1.95. The lowest BCUT2D eigenvalue weighted by Gasteiger charge is -2.00. The molecular formula is C8H10ClNS. The molecule has 0 aliphatic carbocycles. The first-order valence-corrected chi connectivity index (χ1v) is 4.77. The number of hydrogen-bond donors (Lipinski definition) is 1. The lowest BCUT2D eigenvalue weighted by Crippen LogP contribution is -1.84. The van der Waals surface area contributed by atoms with Crippen molar-refractivity contribution in [1.29, 1.82) is 0 Å². The molecule has 60 valence electrons. The van der Waals surface area contributed by atoms with E-state index in [1.807, 2.05) is 12.1 Å². The number of nitrogen functional groups attached to an aromatic ring is 1. The Morgan fingerprint density at radius 3 is 2.73 bits per heavy atom. The first kappa shape index (κ1) is 8.75. The Morgan fingerprint density at radius 1 is 1.45 bits per heavy atom. The Morgan fingerprint density at radius 2 is 2.18 bits per heavy atom. The Labute approximate surface area is 75.9 Å². The Kier molecular flexibility index (Phi) is 3.09. The van der Waals surface area contributed by atoms with Crippen LogP contribution in [0.4, 0.5) is 5.69 Å². The molecule has 0 fully saturated rings. The van der Waals surface area contributed by atoms with E-state index in [4.69, 9.17) is 17.3 Å². The van der Waals surface area contributed by atoms with Crippen molar-refractivity contribution in [3.8, 4) is 0 Å². The van der Waals surface area contributed by atoms with E-state index in [2.05, 4.69) is 6.92 Å². The Balaban J connectivity index is 2.89. The largest absolute Gasteiger partial charge is 0.399 e. The van der Waals surface area contributed by atoms with Gasteiger partial charge in [-0.05, 0) is 24.0 Å². The fraction of sp³-hybridized carbons (Fsp3) is 0.250. The van der Waals surface area contributed by atoms with Gasteiger partial charge in [-0.1, -0.05) is 18.5 Å². The van der Waals surface area contributed by atoms with E-state index in [1.54, 1.807) is 17.8 Å². The Hall–Kier alpha value is -0.340. The molecule has 0 amide bonds. The molecule has 1 rings (SSSR count). The van der Waals surface area contributed by atoms with E-state index in [0.29, 0.717) is 5.02 Å². The lowest BCUT2D eigenvalue weighted by molar-refractivity contribution is 1.43. The van der Waals surface area contributed by atoms with E-state index in [0.717, 1.165) is 16.3 Å². The van der Waals surface area contributed by atoms with Crippen LogP contribution in [-0.4, -0.2) is 5.75 Å². The van der Waals surface area contributed by atoms with Crippen molar-refractivity contribution in [3.63, 3.8) is 0 Å². The topological polar surface area (TPSA) is 26.0 Å². The smallest absolute Gasteiger partial charge is 0.0437 e. The summed E-state index contributed by atoms with van der Waals surface area (Å²) in [6, 6.07) is 5.60. The van der Waals surface area contributed by atoms with E-state index in [1.165, 1.54) is 0 Å². The van der Waals surface area contributed by atoms with Gasteiger partial charge in [0.05, 0.1) is 0 Å². The summed E-state index contributed by atoms with van der Waals surface area (Å²) in [5.41, 5.74) is 6.32. The number of nitrogens with two attached hydrogens (primary N) is 1. The van der Waals surface area contributed by atoms with Crippen LogP contribution in [-0.2, 0) is 0 Å². The van der Waals surface area contributed by atoms with Crippen LogP contribution >= 0.6 is 23.4 Å². The minimum absolute atomic E-state index is 0.709. The van der Waals surface area contributed by atoms with Gasteiger partial charge in [0.1, 0.15) is 0 Å². The quantitative estimate of drug-likeness (QED) is 0.569. The molecule has 0 spiro atoms. The van der Waals surface area contributed by atoms with Gasteiger partial charge in [-0.15, -0.1) is 11.8 Å². The summed E-state index contributed by atoms with van der Waals surface area (Å²) in [6.07, 6.45) is 0. The van der Waals surface area contributed by atoms with Gasteiger partial charge < -0.3 is 5.73 Å². The van der Waals surface area contributed by atoms with Crippen LogP contribution in [0.5, 0.6) is 0 Å². The second-order valence-electron chi connectivity index (χ2n) is 2.15. The van der Waals surface area contributed by atoms with E-state index in [-0.39, 0.29) is 0 Å². The highest BCUT2D eigenvalue weighted by Crippen LogP contribution is 2.24. The van der Waals surface area contributed by atoms with E-state index in [9.17, 15) is 0 Å². The van der Waals surface area contributed by atoms with Crippen molar-refractivity contribution in [2.75, 3.05) is 11.5 Å². The zero-order valence-corrected chi connectivity index (χ0v) is 7.88. The van der Waals surface area contributed by atoms with Crippen LogP contribution in [0.25, 0.3) is 0 Å². The summed E-state index contributed by atoms with van der Waals surface area (Å²) in [5, 5.41) is 0.709. The van der Waals surface area contributed by atoms with Crippen molar-refractivity contribution < 1.29 is 0 Å². The molecule has 0 bridgehead atoms. The predicted octanol–water partition coefficient (Wildman–Crippen LogP) is 3.03. The molecule has 2 N–H and O–H groups in total. The summed E-state index contributed by atoms with van der Waals surface area (Å²) >= 11 is 7.53. The maximum Gasteiger partial charge on any atom is 0.0437 e. The molecule has 0 atom stereocenters. The van der Waals surface area contributed by atoms with Gasteiger partial charge in [0, 0.05) is 15.6 Å². The summed E-state index contributed by atoms with van der Waals surface area (Å²) in [4.78, 5) is 1.14. The van der Waals surface area contributed by atoms with E-state index < -0.39 is 0 Å². The molecule has 0 saturated heterocycles. The van der Waals surface area contributed by atoms with E-state index >= 15 is 0 Å². The maximum atomic E-state index is 5.79. The average molecular weight is 188 g/mol. The summed E-state index contributed by atoms with van der Waals surface area (Å²) in [7, 11) is 0. The average Bonchev–Trinajstić information content (AvgIpc) is 1.85. The molecule has 0 saturated carbocycles. The van der Waals surface area contributed by atoms with Crippen LogP contribution in [0, 0.1) is 0 Å². The number of halogens is 1. The minimum atomic E-state index is 0.709. The third kappa shape index (κ3) is 2.64. The second-order valence-corrected chi connectivity index (χ2v) is 3.93. The van der Waals surface area contributed by atoms with Crippen molar-refractivity contribution >= 4 is 29.1 Å². The van der Waals surface area contributed by atoms with Gasteiger partial charge in [-0.25, -0.2) is 0 Å². The zero-order chi connectivity index (χ0) is 8.27.